The number of aliphatic hydroxyl groups is 1. The molecule has 9 heteroatoms. The Morgan fingerprint density at radius 3 is 1.48 bits per heavy atom. The highest BCUT2D eigenvalue weighted by Crippen LogP contribution is 2.43. The third kappa shape index (κ3) is 43.0. The van der Waals surface area contributed by atoms with E-state index in [4.69, 9.17) is 14.8 Å². The highest BCUT2D eigenvalue weighted by Gasteiger charge is 2.26. The molecule has 340 valence electrons. The zero-order valence-electron chi connectivity index (χ0n) is 37.6. The summed E-state index contributed by atoms with van der Waals surface area (Å²) in [6.45, 7) is 3.92. The minimum absolute atomic E-state index is 0.0553. The molecule has 0 aromatic rings. The van der Waals surface area contributed by atoms with Crippen LogP contribution in [-0.4, -0.2) is 47.8 Å². The zero-order valence-corrected chi connectivity index (χ0v) is 38.5. The van der Waals surface area contributed by atoms with Gasteiger partial charge in [-0.1, -0.05) is 180 Å². The normalized spacial score (nSPS) is 15.1. The Kier molecular flexibility index (Phi) is 43.1. The molecular formula is C51H85N2O6P. The molecular weight excluding hydrogens is 768 g/mol. The van der Waals surface area contributed by atoms with E-state index in [9.17, 15) is 19.4 Å². The first-order valence-electron chi connectivity index (χ1n) is 23.2. The van der Waals surface area contributed by atoms with E-state index in [2.05, 4.69) is 129 Å². The van der Waals surface area contributed by atoms with Crippen LogP contribution in [0.5, 0.6) is 0 Å². The van der Waals surface area contributed by atoms with Crippen molar-refractivity contribution in [1.82, 2.24) is 5.32 Å². The lowest BCUT2D eigenvalue weighted by Crippen LogP contribution is -2.45. The molecule has 0 saturated heterocycles. The van der Waals surface area contributed by atoms with Crippen molar-refractivity contribution >= 4 is 13.7 Å². The molecule has 0 saturated carbocycles. The number of phosphoric ester groups is 1. The predicted molar refractivity (Wildman–Crippen MR) is 258 cm³/mol. The fourth-order valence-electron chi connectivity index (χ4n) is 5.80. The molecule has 0 aliphatic heterocycles. The second kappa shape index (κ2) is 45.4. The van der Waals surface area contributed by atoms with Crippen LogP contribution < -0.4 is 11.1 Å². The molecule has 0 fully saturated rings. The minimum atomic E-state index is -4.38. The quantitative estimate of drug-likeness (QED) is 0.0274. The summed E-state index contributed by atoms with van der Waals surface area (Å²) in [4.78, 5) is 22.7. The van der Waals surface area contributed by atoms with Crippen LogP contribution in [0.25, 0.3) is 0 Å². The summed E-state index contributed by atoms with van der Waals surface area (Å²) in [6.07, 6.45) is 65.5. The van der Waals surface area contributed by atoms with Gasteiger partial charge in [-0.05, 0) is 96.3 Å². The van der Waals surface area contributed by atoms with Crippen LogP contribution in [0.1, 0.15) is 162 Å². The van der Waals surface area contributed by atoms with Crippen LogP contribution in [0.2, 0.25) is 0 Å². The van der Waals surface area contributed by atoms with E-state index in [1.54, 1.807) is 6.08 Å². The SMILES string of the molecule is CC/C=C\C/C=C\C/C=C\C/C=C\C/C=C\C/C=C\C/C=C\CCCC(=O)NC(COP(=O)(O)OCCN)C(O)/C=C/CC/C=C/CC/C=C/CCCCCCCCCC. The number of carbonyl (C=O) groups excluding carboxylic acids is 1. The summed E-state index contributed by atoms with van der Waals surface area (Å²) >= 11 is 0. The van der Waals surface area contributed by atoms with Gasteiger partial charge in [-0.25, -0.2) is 4.57 Å². The van der Waals surface area contributed by atoms with Crippen LogP contribution in [-0.2, 0) is 18.4 Å². The molecule has 3 unspecified atom stereocenters. The molecule has 0 aromatic carbocycles. The maximum Gasteiger partial charge on any atom is 0.472 e. The maximum atomic E-state index is 12.8. The van der Waals surface area contributed by atoms with Gasteiger partial charge in [0.1, 0.15) is 0 Å². The Balaban J connectivity index is 4.41. The lowest BCUT2D eigenvalue weighted by Gasteiger charge is -2.23. The summed E-state index contributed by atoms with van der Waals surface area (Å²) in [6, 6.07) is -0.924. The smallest absolute Gasteiger partial charge is 0.387 e. The molecule has 5 N–H and O–H groups in total. The monoisotopic (exact) mass is 853 g/mol. The van der Waals surface area contributed by atoms with E-state index in [-0.39, 0.29) is 25.5 Å². The van der Waals surface area contributed by atoms with E-state index >= 15 is 0 Å². The number of hydrogen-bond acceptors (Lipinski definition) is 6. The van der Waals surface area contributed by atoms with Crippen molar-refractivity contribution in [2.45, 2.75) is 174 Å². The third-order valence-corrected chi connectivity index (χ3v) is 10.2. The van der Waals surface area contributed by atoms with E-state index < -0.39 is 26.6 Å². The second-order valence-corrected chi connectivity index (χ2v) is 16.3. The average molecular weight is 853 g/mol. The summed E-state index contributed by atoms with van der Waals surface area (Å²) in [5.41, 5.74) is 5.37. The fourth-order valence-corrected chi connectivity index (χ4v) is 6.56. The molecule has 0 aliphatic carbocycles. The molecule has 3 atom stereocenters. The first-order valence-corrected chi connectivity index (χ1v) is 24.7. The standard InChI is InChI=1S/C51H85N2O6P/c1-3-5-7-9-11-13-15-17-19-21-23-24-25-26-27-29-31-33-35-37-39-41-43-45-51(55)53-49(48-59-60(56,57)58-47-46-52)50(54)44-42-40-38-36-34-32-30-28-22-20-18-16-14-12-10-8-6-4-2/h5,7,11,13,17,19,22-24,26-28,31,33-34,36-37,39,42,44,49-50,54H,3-4,6,8-10,12,14-16,18,20-21,25,29-30,32,35,38,40-41,43,45-48,52H2,1-2H3,(H,53,55)(H,56,57)/b7-5-,13-11-,19-17-,24-23-,27-26-,28-22+,33-31-,36-34+,39-37-,44-42+. The Hall–Kier alpha value is -3.10. The lowest BCUT2D eigenvalue weighted by atomic mass is 10.1. The number of nitrogens with two attached hydrogens (primary N) is 1. The molecule has 0 rings (SSSR count). The van der Waals surface area contributed by atoms with Gasteiger partial charge in [0.2, 0.25) is 5.91 Å². The Morgan fingerprint density at radius 2 is 0.983 bits per heavy atom. The number of nitrogens with one attached hydrogen (secondary N) is 1. The Labute approximate surface area is 367 Å². The highest BCUT2D eigenvalue weighted by molar-refractivity contribution is 7.47. The van der Waals surface area contributed by atoms with Gasteiger partial charge in [-0.3, -0.25) is 13.8 Å². The molecule has 0 heterocycles. The van der Waals surface area contributed by atoms with Gasteiger partial charge in [0.15, 0.2) is 0 Å². The Bertz CT molecular complexity index is 1340. The van der Waals surface area contributed by atoms with Crippen molar-refractivity contribution < 1.29 is 28.4 Å². The van der Waals surface area contributed by atoms with Crippen LogP contribution in [0, 0.1) is 0 Å². The number of amides is 1. The Morgan fingerprint density at radius 1 is 0.567 bits per heavy atom. The van der Waals surface area contributed by atoms with Gasteiger partial charge in [-0.15, -0.1) is 0 Å². The van der Waals surface area contributed by atoms with Crippen molar-refractivity contribution in [2.75, 3.05) is 19.8 Å². The second-order valence-electron chi connectivity index (χ2n) is 14.9. The molecule has 8 nitrogen and oxygen atoms in total. The summed E-state index contributed by atoms with van der Waals surface area (Å²) in [5.74, 6) is -0.271. The van der Waals surface area contributed by atoms with Gasteiger partial charge in [0.25, 0.3) is 0 Å². The topological polar surface area (TPSA) is 131 Å². The number of aliphatic hydroxyl groups excluding tert-OH is 1. The number of unbranched alkanes of at least 4 members (excludes halogenated alkanes) is 11. The van der Waals surface area contributed by atoms with Crippen molar-refractivity contribution in [3.8, 4) is 0 Å². The van der Waals surface area contributed by atoms with E-state index in [1.165, 1.54) is 57.8 Å². The van der Waals surface area contributed by atoms with E-state index in [1.807, 2.05) is 6.08 Å². The van der Waals surface area contributed by atoms with Crippen LogP contribution in [0.3, 0.4) is 0 Å². The summed E-state index contributed by atoms with van der Waals surface area (Å²) in [7, 11) is -4.38. The first kappa shape index (κ1) is 56.9. The molecule has 0 bridgehead atoms. The van der Waals surface area contributed by atoms with Crippen LogP contribution >= 0.6 is 7.82 Å². The zero-order chi connectivity index (χ0) is 43.9. The molecule has 1 amide bonds. The lowest BCUT2D eigenvalue weighted by molar-refractivity contribution is -0.122. The largest absolute Gasteiger partial charge is 0.472 e. The van der Waals surface area contributed by atoms with Gasteiger partial charge in [-0.2, -0.15) is 0 Å². The number of rotatable bonds is 41. The number of allylic oxidation sites excluding steroid dienone is 19. The fraction of sp³-hybridized carbons (Fsp3) is 0.588. The van der Waals surface area contributed by atoms with Crippen molar-refractivity contribution in [3.63, 3.8) is 0 Å². The average Bonchev–Trinajstić information content (AvgIpc) is 3.24. The molecule has 0 aromatic heterocycles. The van der Waals surface area contributed by atoms with Crippen LogP contribution in [0.4, 0.5) is 0 Å². The predicted octanol–water partition coefficient (Wildman–Crippen LogP) is 13.5. The number of phosphoric acid groups is 1. The molecule has 0 aliphatic rings. The van der Waals surface area contributed by atoms with Crippen molar-refractivity contribution in [2.24, 2.45) is 5.73 Å². The molecule has 0 radical (unpaired) electrons. The van der Waals surface area contributed by atoms with Crippen molar-refractivity contribution in [1.29, 1.82) is 0 Å². The first-order chi connectivity index (χ1) is 29.4. The molecule has 60 heavy (non-hydrogen) atoms. The molecule has 0 spiro atoms. The van der Waals surface area contributed by atoms with Crippen molar-refractivity contribution in [3.05, 3.63) is 122 Å². The van der Waals surface area contributed by atoms with Gasteiger partial charge >= 0.3 is 7.82 Å². The number of hydrogen-bond donors (Lipinski definition) is 4. The minimum Gasteiger partial charge on any atom is -0.387 e. The third-order valence-electron chi connectivity index (χ3n) is 9.25. The van der Waals surface area contributed by atoms with Gasteiger partial charge in [0, 0.05) is 13.0 Å². The van der Waals surface area contributed by atoms with E-state index in [0.29, 0.717) is 12.8 Å². The van der Waals surface area contributed by atoms with Crippen LogP contribution in [0.15, 0.2) is 122 Å². The van der Waals surface area contributed by atoms with E-state index in [0.717, 1.165) is 70.6 Å². The summed E-state index contributed by atoms with van der Waals surface area (Å²) < 4.78 is 22.1. The number of carbonyl (C=O) groups is 1. The highest BCUT2D eigenvalue weighted by atomic mass is 31.2. The van der Waals surface area contributed by atoms with Gasteiger partial charge in [0.05, 0.1) is 25.4 Å². The maximum absolute atomic E-state index is 12.8. The van der Waals surface area contributed by atoms with Gasteiger partial charge < -0.3 is 21.1 Å². The summed E-state index contributed by atoms with van der Waals surface area (Å²) in [5, 5.41) is 13.6.